The Kier molecular flexibility index (Phi) is 19.3. The van der Waals surface area contributed by atoms with Gasteiger partial charge < -0.3 is 11.4 Å². The molecule has 0 amide bonds. The third-order valence-electron chi connectivity index (χ3n) is 5.81. The van der Waals surface area contributed by atoms with E-state index in [9.17, 15) is 0 Å². The summed E-state index contributed by atoms with van der Waals surface area (Å²) in [5, 5.41) is 5.06. The third-order valence-corrected chi connectivity index (χ3v) is 7.92. The van der Waals surface area contributed by atoms with Gasteiger partial charge in [-0.25, -0.2) is 0 Å². The summed E-state index contributed by atoms with van der Waals surface area (Å²) in [4.78, 5) is 0. The molecule has 2 saturated carbocycles. The standard InChI is InChI=1S/C18H29NSi.2C5H10.Zr/c1-6-8-13-16(12-7-2)18(20(3,4)5)19-17-14-10-9-11-15-17;2*1-2-4-5-3-1;/h9-11,14-15,18H,6-8,12H2,1-5H3;2*1-5H2;/q-2;;;+4. The minimum Gasteiger partial charge on any atom is -0.683 e. The van der Waals surface area contributed by atoms with E-state index in [0.717, 1.165) is 24.9 Å². The predicted molar refractivity (Wildman–Crippen MR) is 139 cm³/mol. The molecule has 2 aliphatic rings. The summed E-state index contributed by atoms with van der Waals surface area (Å²) in [6.45, 7) is 11.7. The monoisotopic (exact) mass is 517 g/mol. The number of hydrogen-bond donors (Lipinski definition) is 0. The maximum atomic E-state index is 5.06. The van der Waals surface area contributed by atoms with Crippen molar-refractivity contribution in [3.8, 4) is 0 Å². The number of rotatable bonds is 8. The molecule has 0 radical (unpaired) electrons. The normalized spacial score (nSPS) is 16.9. The molecular weight excluding hydrogens is 470 g/mol. The second-order valence-corrected chi connectivity index (χ2v) is 15.2. The molecule has 172 valence electrons. The molecule has 0 bridgehead atoms. The molecule has 2 fully saturated rings. The maximum Gasteiger partial charge on any atom is 4.00 e. The summed E-state index contributed by atoms with van der Waals surface area (Å²) in [5.41, 5.74) is 2.90. The molecule has 3 rings (SSSR count). The van der Waals surface area contributed by atoms with Gasteiger partial charge in [-0.15, -0.1) is 11.4 Å². The molecule has 0 aliphatic heterocycles. The third kappa shape index (κ3) is 15.3. The van der Waals surface area contributed by atoms with Crippen molar-refractivity contribution in [2.45, 2.75) is 129 Å². The van der Waals surface area contributed by atoms with Crippen LogP contribution in [-0.4, -0.2) is 13.7 Å². The van der Waals surface area contributed by atoms with Crippen molar-refractivity contribution < 1.29 is 26.2 Å². The van der Waals surface area contributed by atoms with Gasteiger partial charge >= 0.3 is 26.2 Å². The molecule has 31 heavy (non-hydrogen) atoms. The fraction of sp³-hybridized carbons (Fsp3) is 0.714. The largest absolute Gasteiger partial charge is 4.00 e. The summed E-state index contributed by atoms with van der Waals surface area (Å²) >= 11 is 0. The molecule has 3 heteroatoms. The number of benzene rings is 1. The van der Waals surface area contributed by atoms with Gasteiger partial charge in [0.15, 0.2) is 0 Å². The number of hydrogen-bond acceptors (Lipinski definition) is 0. The molecule has 2 aliphatic carbocycles. The molecule has 1 aromatic rings. The molecule has 1 atom stereocenters. The zero-order chi connectivity index (χ0) is 22.1. The van der Waals surface area contributed by atoms with Crippen LogP contribution in [-0.2, 0) is 26.2 Å². The molecule has 1 nitrogen and oxygen atoms in total. The fourth-order valence-corrected chi connectivity index (χ4v) is 5.93. The maximum absolute atomic E-state index is 5.06. The second kappa shape index (κ2) is 19.3. The summed E-state index contributed by atoms with van der Waals surface area (Å²) < 4.78 is 0. The van der Waals surface area contributed by atoms with E-state index in [1.807, 2.05) is 0 Å². The van der Waals surface area contributed by atoms with Crippen LogP contribution in [0.2, 0.25) is 19.6 Å². The summed E-state index contributed by atoms with van der Waals surface area (Å²) in [6.07, 6.45) is 23.2. The van der Waals surface area contributed by atoms with Gasteiger partial charge in [-0.3, -0.25) is 5.57 Å². The average Bonchev–Trinajstić information content (AvgIpc) is 3.48. The topological polar surface area (TPSA) is 14.1 Å². The van der Waals surface area contributed by atoms with Gasteiger partial charge in [0, 0.05) is 8.07 Å². The first-order chi connectivity index (χ1) is 14.5. The average molecular weight is 519 g/mol. The second-order valence-electron chi connectivity index (χ2n) is 9.97. The number of nitrogens with zero attached hydrogens (tertiary/aromatic N) is 1. The van der Waals surface area contributed by atoms with E-state index in [-0.39, 0.29) is 26.2 Å². The van der Waals surface area contributed by atoms with E-state index >= 15 is 0 Å². The smallest absolute Gasteiger partial charge is 0.683 e. The molecule has 0 N–H and O–H groups in total. The van der Waals surface area contributed by atoms with Crippen molar-refractivity contribution in [2.75, 3.05) is 0 Å². The molecule has 1 aromatic carbocycles. The van der Waals surface area contributed by atoms with Crippen LogP contribution in [0.25, 0.3) is 5.32 Å². The van der Waals surface area contributed by atoms with Gasteiger partial charge in [-0.05, 0) is 0 Å². The molecule has 0 heterocycles. The fourth-order valence-electron chi connectivity index (χ4n) is 4.10. The van der Waals surface area contributed by atoms with E-state index in [4.69, 9.17) is 5.32 Å². The summed E-state index contributed by atoms with van der Waals surface area (Å²) in [7, 11) is -1.39. The van der Waals surface area contributed by atoms with Crippen LogP contribution in [0.1, 0.15) is 104 Å². The van der Waals surface area contributed by atoms with E-state index < -0.39 is 8.07 Å². The first kappa shape index (κ1) is 30.9. The summed E-state index contributed by atoms with van der Waals surface area (Å²) in [5.74, 6) is 0. The van der Waals surface area contributed by atoms with Crippen LogP contribution in [0.5, 0.6) is 0 Å². The van der Waals surface area contributed by atoms with Gasteiger partial charge in [0.05, 0.1) is 0 Å². The van der Waals surface area contributed by atoms with Gasteiger partial charge in [-0.2, -0.15) is 6.42 Å². The van der Waals surface area contributed by atoms with Crippen LogP contribution >= 0.6 is 0 Å². The van der Waals surface area contributed by atoms with E-state index in [1.165, 1.54) is 76.2 Å². The minimum absolute atomic E-state index is 0. The van der Waals surface area contributed by atoms with Crippen LogP contribution in [0, 0.1) is 6.08 Å². The van der Waals surface area contributed by atoms with E-state index in [2.05, 4.69) is 69.9 Å². The quantitative estimate of drug-likeness (QED) is 0.240. The molecule has 0 saturated heterocycles. The molecule has 1 unspecified atom stereocenters. The van der Waals surface area contributed by atoms with Gasteiger partial charge in [0.25, 0.3) is 0 Å². The Hall–Kier alpha value is -0.140. The van der Waals surface area contributed by atoms with Crippen LogP contribution in [0.15, 0.2) is 35.9 Å². The van der Waals surface area contributed by atoms with Crippen molar-refractivity contribution in [3.63, 3.8) is 0 Å². The first-order valence-corrected chi connectivity index (χ1v) is 16.4. The van der Waals surface area contributed by atoms with Crippen molar-refractivity contribution in [1.82, 2.24) is 0 Å². The molecule has 0 spiro atoms. The number of allylic oxidation sites excluding steroid dienone is 1. The Morgan fingerprint density at radius 2 is 1.26 bits per heavy atom. The van der Waals surface area contributed by atoms with E-state index in [0.29, 0.717) is 5.67 Å². The van der Waals surface area contributed by atoms with Crippen molar-refractivity contribution >= 4 is 13.8 Å². The van der Waals surface area contributed by atoms with Crippen LogP contribution < -0.4 is 0 Å². The van der Waals surface area contributed by atoms with Gasteiger partial charge in [0.1, 0.15) is 0 Å². The Morgan fingerprint density at radius 3 is 1.61 bits per heavy atom. The predicted octanol–water partition coefficient (Wildman–Crippen LogP) is 10.2. The Morgan fingerprint density at radius 1 is 0.806 bits per heavy atom. The zero-order valence-electron chi connectivity index (χ0n) is 21.3. The minimum atomic E-state index is -1.39. The summed E-state index contributed by atoms with van der Waals surface area (Å²) in [6, 6.07) is 10.4. The van der Waals surface area contributed by atoms with Crippen LogP contribution in [0.4, 0.5) is 5.69 Å². The molecule has 0 aromatic heterocycles. The van der Waals surface area contributed by atoms with Crippen molar-refractivity contribution in [1.29, 1.82) is 0 Å². The van der Waals surface area contributed by atoms with E-state index in [1.54, 1.807) is 0 Å². The SMILES string of the molecule is C1CCCC1.C1CCCC1.CCC[C-]=C(CCC)C([N-]c1ccccc1)[Si](C)(C)C.[Zr+4]. The number of para-hydroxylation sites is 1. The zero-order valence-corrected chi connectivity index (χ0v) is 24.8. The Labute approximate surface area is 215 Å². The van der Waals surface area contributed by atoms with Gasteiger partial charge in [0.2, 0.25) is 0 Å². The van der Waals surface area contributed by atoms with Gasteiger partial charge in [-0.1, -0.05) is 147 Å². The first-order valence-electron chi connectivity index (χ1n) is 12.8. The van der Waals surface area contributed by atoms with Crippen LogP contribution in [0.3, 0.4) is 0 Å². The Balaban J connectivity index is 0.000000661. The van der Waals surface area contributed by atoms with Crippen molar-refractivity contribution in [3.05, 3.63) is 47.3 Å². The van der Waals surface area contributed by atoms with Crippen molar-refractivity contribution in [2.24, 2.45) is 0 Å². The number of unbranched alkanes of at least 4 members (excludes halogenated alkanes) is 1. The molecular formula is C28H49NSiZr+2. The Bertz CT molecular complexity index is 517.